The lowest BCUT2D eigenvalue weighted by molar-refractivity contribution is -0.384. The molecular formula is C21H24N2O6. The molecule has 0 aromatic heterocycles. The van der Waals surface area contributed by atoms with E-state index in [4.69, 9.17) is 9.84 Å². The van der Waals surface area contributed by atoms with Crippen LogP contribution in [-0.4, -0.2) is 41.0 Å². The monoisotopic (exact) mass is 400 g/mol. The van der Waals surface area contributed by atoms with E-state index < -0.39 is 17.0 Å². The molecule has 0 radical (unpaired) electrons. The Morgan fingerprint density at radius 1 is 1.10 bits per heavy atom. The van der Waals surface area contributed by atoms with E-state index in [9.17, 15) is 19.7 Å². The molecule has 8 nitrogen and oxygen atoms in total. The third-order valence-corrected chi connectivity index (χ3v) is 4.62. The largest absolute Gasteiger partial charge is 0.451 e. The second-order valence-corrected chi connectivity index (χ2v) is 6.80. The van der Waals surface area contributed by atoms with Gasteiger partial charge in [0.05, 0.1) is 17.1 Å². The molecule has 2 N–H and O–H groups in total. The van der Waals surface area contributed by atoms with Gasteiger partial charge in [0.1, 0.15) is 0 Å². The second kappa shape index (κ2) is 9.29. The number of ether oxygens (including phenoxy) is 1. The van der Waals surface area contributed by atoms with Gasteiger partial charge in [0.15, 0.2) is 6.10 Å². The summed E-state index contributed by atoms with van der Waals surface area (Å²) in [7, 11) is 0. The number of carbonyl (C=O) groups excluding carboxylic acids is 2. The molecule has 2 aromatic carbocycles. The Bertz CT molecular complexity index is 954. The van der Waals surface area contributed by atoms with Gasteiger partial charge in [-0.1, -0.05) is 6.07 Å². The SMILES string of the molecule is Cc1cc(C)c(C(=O)[C@H](C)OC(=O)c2cc([N+](=O)[O-])ccc2NCCO)cc1C. The van der Waals surface area contributed by atoms with Crippen molar-refractivity contribution in [1.82, 2.24) is 0 Å². The summed E-state index contributed by atoms with van der Waals surface area (Å²) in [6, 6.07) is 7.35. The minimum absolute atomic E-state index is 0.0795. The van der Waals surface area contributed by atoms with Crippen molar-refractivity contribution in [2.24, 2.45) is 0 Å². The van der Waals surface area contributed by atoms with E-state index in [1.54, 1.807) is 6.07 Å². The predicted molar refractivity (Wildman–Crippen MR) is 109 cm³/mol. The third-order valence-electron chi connectivity index (χ3n) is 4.62. The predicted octanol–water partition coefficient (Wildman–Crippen LogP) is 3.35. The van der Waals surface area contributed by atoms with Gasteiger partial charge in [-0.25, -0.2) is 4.79 Å². The molecule has 2 aromatic rings. The number of non-ortho nitro benzene ring substituents is 1. The molecule has 1 atom stereocenters. The van der Waals surface area contributed by atoms with Crippen LogP contribution in [0.1, 0.15) is 44.3 Å². The van der Waals surface area contributed by atoms with Crippen molar-refractivity contribution in [3.63, 3.8) is 0 Å². The van der Waals surface area contributed by atoms with Crippen molar-refractivity contribution >= 4 is 23.1 Å². The van der Waals surface area contributed by atoms with Crippen LogP contribution in [0.25, 0.3) is 0 Å². The smallest absolute Gasteiger partial charge is 0.341 e. The highest BCUT2D eigenvalue weighted by Crippen LogP contribution is 2.24. The maximum absolute atomic E-state index is 12.8. The van der Waals surface area contributed by atoms with Crippen LogP contribution >= 0.6 is 0 Å². The van der Waals surface area contributed by atoms with Gasteiger partial charge in [-0.3, -0.25) is 14.9 Å². The molecule has 154 valence electrons. The van der Waals surface area contributed by atoms with Crippen LogP contribution in [0.3, 0.4) is 0 Å². The number of Topliss-reactive ketones (excluding diaryl/α,β-unsaturated/α-hetero) is 1. The average Bonchev–Trinajstić information content (AvgIpc) is 2.68. The zero-order chi connectivity index (χ0) is 21.7. The Labute approximate surface area is 168 Å². The van der Waals surface area contributed by atoms with Crippen molar-refractivity contribution in [3.8, 4) is 0 Å². The maximum atomic E-state index is 12.8. The number of rotatable bonds is 8. The Hall–Kier alpha value is -3.26. The number of benzene rings is 2. The highest BCUT2D eigenvalue weighted by molar-refractivity contribution is 6.03. The lowest BCUT2D eigenvalue weighted by atomic mass is 9.96. The number of anilines is 1. The molecule has 0 aliphatic rings. The molecular weight excluding hydrogens is 376 g/mol. The molecule has 0 saturated carbocycles. The molecule has 0 aliphatic carbocycles. The summed E-state index contributed by atoms with van der Waals surface area (Å²) >= 11 is 0. The molecule has 0 aliphatic heterocycles. The van der Waals surface area contributed by atoms with Crippen molar-refractivity contribution in [2.45, 2.75) is 33.8 Å². The first-order valence-electron chi connectivity index (χ1n) is 9.12. The lowest BCUT2D eigenvalue weighted by Crippen LogP contribution is -2.26. The topological polar surface area (TPSA) is 119 Å². The second-order valence-electron chi connectivity index (χ2n) is 6.80. The van der Waals surface area contributed by atoms with Gasteiger partial charge in [-0.05, 0) is 56.5 Å². The van der Waals surface area contributed by atoms with Crippen molar-refractivity contribution in [3.05, 3.63) is 68.3 Å². The number of nitrogens with zero attached hydrogens (tertiary/aromatic N) is 1. The summed E-state index contributed by atoms with van der Waals surface area (Å²) in [4.78, 5) is 35.9. The fourth-order valence-electron chi connectivity index (χ4n) is 2.88. The number of esters is 1. The zero-order valence-electron chi connectivity index (χ0n) is 16.8. The summed E-state index contributed by atoms with van der Waals surface area (Å²) in [6.45, 7) is 7.08. The maximum Gasteiger partial charge on any atom is 0.341 e. The molecule has 29 heavy (non-hydrogen) atoms. The number of hydrogen-bond donors (Lipinski definition) is 2. The van der Waals surface area contributed by atoms with Gasteiger partial charge in [0, 0.05) is 29.9 Å². The van der Waals surface area contributed by atoms with Crippen molar-refractivity contribution < 1.29 is 24.4 Å². The number of ketones is 1. The first-order valence-corrected chi connectivity index (χ1v) is 9.12. The summed E-state index contributed by atoms with van der Waals surface area (Å²) in [6.07, 6.45) is -1.08. The summed E-state index contributed by atoms with van der Waals surface area (Å²) in [5.41, 5.74) is 3.16. The van der Waals surface area contributed by atoms with Gasteiger partial charge in [0.25, 0.3) is 5.69 Å². The number of aryl methyl sites for hydroxylation is 3. The standard InChI is InChI=1S/C21H24N2O6/c1-12-9-14(3)17(10-13(12)2)20(25)15(4)29-21(26)18-11-16(23(27)28)5-6-19(18)22-7-8-24/h5-6,9-11,15,22,24H,7-8H2,1-4H3/t15-/m0/s1. The molecule has 8 heteroatoms. The molecule has 0 amide bonds. The van der Waals surface area contributed by atoms with E-state index in [1.807, 2.05) is 26.8 Å². The number of nitro groups is 1. The quantitative estimate of drug-likeness (QED) is 0.302. The van der Waals surface area contributed by atoms with Crippen LogP contribution in [0, 0.1) is 30.9 Å². The first-order chi connectivity index (χ1) is 13.6. The van der Waals surface area contributed by atoms with Crippen molar-refractivity contribution in [2.75, 3.05) is 18.5 Å². The normalized spacial score (nSPS) is 11.6. The van der Waals surface area contributed by atoms with E-state index in [0.29, 0.717) is 5.56 Å². The van der Waals surface area contributed by atoms with E-state index >= 15 is 0 Å². The van der Waals surface area contributed by atoms with Crippen LogP contribution in [-0.2, 0) is 4.74 Å². The van der Waals surface area contributed by atoms with Gasteiger partial charge < -0.3 is 15.2 Å². The Morgan fingerprint density at radius 2 is 1.76 bits per heavy atom. The van der Waals surface area contributed by atoms with E-state index in [2.05, 4.69) is 5.32 Å². The molecule has 0 saturated heterocycles. The van der Waals surface area contributed by atoms with Gasteiger partial charge in [-0.2, -0.15) is 0 Å². The van der Waals surface area contributed by atoms with Gasteiger partial charge >= 0.3 is 5.97 Å². The Kier molecular flexibility index (Phi) is 7.06. The Balaban J connectivity index is 2.28. The number of hydrogen-bond acceptors (Lipinski definition) is 7. The van der Waals surface area contributed by atoms with E-state index in [1.165, 1.54) is 19.1 Å². The van der Waals surface area contributed by atoms with Crippen LogP contribution in [0.4, 0.5) is 11.4 Å². The summed E-state index contributed by atoms with van der Waals surface area (Å²) in [5, 5.41) is 22.8. The molecule has 0 unspecified atom stereocenters. The molecule has 0 fully saturated rings. The van der Waals surface area contributed by atoms with Crippen LogP contribution in [0.15, 0.2) is 30.3 Å². The molecule has 2 rings (SSSR count). The third kappa shape index (κ3) is 5.17. The van der Waals surface area contributed by atoms with Crippen LogP contribution in [0.5, 0.6) is 0 Å². The van der Waals surface area contributed by atoms with E-state index in [0.717, 1.165) is 22.8 Å². The fraction of sp³-hybridized carbons (Fsp3) is 0.333. The fourth-order valence-corrected chi connectivity index (χ4v) is 2.88. The highest BCUT2D eigenvalue weighted by Gasteiger charge is 2.25. The molecule has 0 heterocycles. The minimum Gasteiger partial charge on any atom is -0.451 e. The summed E-state index contributed by atoms with van der Waals surface area (Å²) < 4.78 is 5.32. The number of nitro benzene ring substituents is 1. The minimum atomic E-state index is -1.08. The number of aliphatic hydroxyl groups is 1. The lowest BCUT2D eigenvalue weighted by Gasteiger charge is -2.16. The van der Waals surface area contributed by atoms with E-state index in [-0.39, 0.29) is 35.9 Å². The first kappa shape index (κ1) is 22.0. The van der Waals surface area contributed by atoms with Gasteiger partial charge in [0.2, 0.25) is 5.78 Å². The Morgan fingerprint density at radius 3 is 2.38 bits per heavy atom. The molecule has 0 spiro atoms. The number of carbonyl (C=O) groups is 2. The number of aliphatic hydroxyl groups excluding tert-OH is 1. The average molecular weight is 400 g/mol. The van der Waals surface area contributed by atoms with Crippen LogP contribution in [0.2, 0.25) is 0 Å². The van der Waals surface area contributed by atoms with Gasteiger partial charge in [-0.15, -0.1) is 0 Å². The number of nitrogens with one attached hydrogen (secondary N) is 1. The van der Waals surface area contributed by atoms with Crippen LogP contribution < -0.4 is 5.32 Å². The molecule has 0 bridgehead atoms. The van der Waals surface area contributed by atoms with Crippen molar-refractivity contribution in [1.29, 1.82) is 0 Å². The summed E-state index contributed by atoms with van der Waals surface area (Å²) in [5.74, 6) is -1.22. The highest BCUT2D eigenvalue weighted by atomic mass is 16.6. The zero-order valence-corrected chi connectivity index (χ0v) is 16.8.